The molecule has 1 saturated carbocycles. The van der Waals surface area contributed by atoms with Crippen LogP contribution < -0.4 is 0 Å². The molecule has 0 amide bonds. The number of hydrogen-bond donors (Lipinski definition) is 0. The molecule has 0 aromatic rings. The van der Waals surface area contributed by atoms with Crippen LogP contribution in [-0.2, 0) is 14.3 Å². The van der Waals surface area contributed by atoms with Gasteiger partial charge in [0.2, 0.25) is 0 Å². The van der Waals surface area contributed by atoms with Gasteiger partial charge in [-0.25, -0.2) is 0 Å². The fourth-order valence-electron chi connectivity index (χ4n) is 2.44. The number of rotatable bonds is 3. The van der Waals surface area contributed by atoms with Crippen molar-refractivity contribution in [2.24, 2.45) is 23.7 Å². The molecule has 1 rings (SSSR count). The monoisotopic (exact) mass is 198 g/mol. The third-order valence-corrected chi connectivity index (χ3v) is 3.48. The average Bonchev–Trinajstić information content (AvgIpc) is 2.57. The van der Waals surface area contributed by atoms with Gasteiger partial charge in [-0.2, -0.15) is 0 Å². The van der Waals surface area contributed by atoms with E-state index in [1.54, 1.807) is 0 Å². The van der Waals surface area contributed by atoms with Gasteiger partial charge in [0.25, 0.3) is 0 Å². The van der Waals surface area contributed by atoms with Crippen LogP contribution in [0.5, 0.6) is 0 Å². The van der Waals surface area contributed by atoms with Gasteiger partial charge in [0.05, 0.1) is 13.0 Å². The Bertz CT molecular complexity index is 225. The van der Waals surface area contributed by atoms with E-state index in [4.69, 9.17) is 4.74 Å². The summed E-state index contributed by atoms with van der Waals surface area (Å²) in [5.74, 6) is 0.264. The van der Waals surface area contributed by atoms with E-state index in [9.17, 15) is 9.59 Å². The van der Waals surface area contributed by atoms with Crippen LogP contribution in [0.4, 0.5) is 0 Å². The van der Waals surface area contributed by atoms with E-state index in [2.05, 4.69) is 6.92 Å². The normalized spacial score (nSPS) is 33.8. The first kappa shape index (κ1) is 11.2. The lowest BCUT2D eigenvalue weighted by molar-refractivity contribution is -0.147. The topological polar surface area (TPSA) is 43.4 Å². The number of esters is 1. The number of ether oxygens (including phenoxy) is 1. The van der Waals surface area contributed by atoms with Crippen molar-refractivity contribution in [1.29, 1.82) is 0 Å². The fraction of sp³-hybridized carbons (Fsp3) is 0.818. The molecule has 3 heteroatoms. The summed E-state index contributed by atoms with van der Waals surface area (Å²) >= 11 is 0. The Morgan fingerprint density at radius 3 is 2.64 bits per heavy atom. The molecule has 1 aliphatic rings. The fourth-order valence-corrected chi connectivity index (χ4v) is 2.44. The lowest BCUT2D eigenvalue weighted by atomic mass is 9.83. The Balaban J connectivity index is 2.68. The summed E-state index contributed by atoms with van der Waals surface area (Å²) in [4.78, 5) is 22.2. The van der Waals surface area contributed by atoms with Crippen molar-refractivity contribution in [3.63, 3.8) is 0 Å². The molecular weight excluding hydrogens is 180 g/mol. The van der Waals surface area contributed by atoms with Gasteiger partial charge in [-0.3, -0.25) is 4.79 Å². The minimum atomic E-state index is -0.198. The first-order valence-electron chi connectivity index (χ1n) is 5.15. The van der Waals surface area contributed by atoms with E-state index < -0.39 is 0 Å². The van der Waals surface area contributed by atoms with Crippen molar-refractivity contribution in [3.05, 3.63) is 0 Å². The van der Waals surface area contributed by atoms with Crippen LogP contribution >= 0.6 is 0 Å². The average molecular weight is 198 g/mol. The maximum Gasteiger partial charge on any atom is 0.308 e. The summed E-state index contributed by atoms with van der Waals surface area (Å²) in [5.41, 5.74) is 0. The number of hydrogen-bond acceptors (Lipinski definition) is 3. The van der Waals surface area contributed by atoms with Gasteiger partial charge < -0.3 is 9.53 Å². The van der Waals surface area contributed by atoms with Gasteiger partial charge in [-0.15, -0.1) is 0 Å². The summed E-state index contributed by atoms with van der Waals surface area (Å²) in [5, 5.41) is 0. The Labute approximate surface area is 84.8 Å². The molecule has 0 heterocycles. The molecule has 0 bridgehead atoms. The smallest absolute Gasteiger partial charge is 0.308 e. The molecule has 14 heavy (non-hydrogen) atoms. The highest BCUT2D eigenvalue weighted by Gasteiger charge is 2.39. The molecule has 0 radical (unpaired) electrons. The van der Waals surface area contributed by atoms with Crippen LogP contribution in [0, 0.1) is 23.7 Å². The zero-order chi connectivity index (χ0) is 10.7. The van der Waals surface area contributed by atoms with Crippen molar-refractivity contribution in [1.82, 2.24) is 0 Å². The van der Waals surface area contributed by atoms with Crippen molar-refractivity contribution in [3.8, 4) is 0 Å². The molecule has 4 atom stereocenters. The molecule has 0 spiro atoms. The summed E-state index contributed by atoms with van der Waals surface area (Å²) < 4.78 is 4.70. The third-order valence-electron chi connectivity index (χ3n) is 3.48. The second kappa shape index (κ2) is 4.58. The Hall–Kier alpha value is -0.860. The molecular formula is C11H18O3. The van der Waals surface area contributed by atoms with E-state index in [0.717, 1.165) is 19.1 Å². The van der Waals surface area contributed by atoms with Gasteiger partial charge in [0.15, 0.2) is 0 Å². The van der Waals surface area contributed by atoms with E-state index in [1.165, 1.54) is 7.11 Å². The van der Waals surface area contributed by atoms with Crippen molar-refractivity contribution >= 4 is 12.3 Å². The van der Waals surface area contributed by atoms with Gasteiger partial charge >= 0.3 is 5.97 Å². The van der Waals surface area contributed by atoms with E-state index in [1.807, 2.05) is 6.92 Å². The predicted octanol–water partition coefficient (Wildman–Crippen LogP) is 1.66. The zero-order valence-corrected chi connectivity index (χ0v) is 9.03. The van der Waals surface area contributed by atoms with Gasteiger partial charge in [0, 0.05) is 5.92 Å². The standard InChI is InChI=1S/C11H18O3/c1-7-4-5-9(10(7)6-12)8(2)11(13)14-3/h6-10H,4-5H2,1-3H3/t7-,8+,9+,10+/m1/s1. The maximum absolute atomic E-state index is 11.3. The quantitative estimate of drug-likeness (QED) is 0.511. The summed E-state index contributed by atoms with van der Waals surface area (Å²) in [6.07, 6.45) is 3.00. The second-order valence-electron chi connectivity index (χ2n) is 4.24. The van der Waals surface area contributed by atoms with Gasteiger partial charge in [-0.1, -0.05) is 13.8 Å². The Morgan fingerprint density at radius 2 is 2.14 bits per heavy atom. The predicted molar refractivity (Wildman–Crippen MR) is 52.6 cm³/mol. The van der Waals surface area contributed by atoms with Crippen molar-refractivity contribution in [2.75, 3.05) is 7.11 Å². The maximum atomic E-state index is 11.3. The van der Waals surface area contributed by atoms with Crippen molar-refractivity contribution < 1.29 is 14.3 Å². The minimum absolute atomic E-state index is 0.0316. The van der Waals surface area contributed by atoms with Gasteiger partial charge in [-0.05, 0) is 24.7 Å². The molecule has 0 N–H and O–H groups in total. The number of carbonyl (C=O) groups is 2. The molecule has 0 saturated heterocycles. The van der Waals surface area contributed by atoms with E-state index in [-0.39, 0.29) is 23.7 Å². The van der Waals surface area contributed by atoms with Crippen LogP contribution in [0.2, 0.25) is 0 Å². The highest BCUT2D eigenvalue weighted by atomic mass is 16.5. The van der Waals surface area contributed by atoms with Crippen LogP contribution in [0.3, 0.4) is 0 Å². The Kier molecular flexibility index (Phi) is 3.67. The molecule has 0 aromatic heterocycles. The van der Waals surface area contributed by atoms with Crippen molar-refractivity contribution in [2.45, 2.75) is 26.7 Å². The summed E-state index contributed by atoms with van der Waals surface area (Å²) in [7, 11) is 1.40. The number of aldehydes is 1. The van der Waals surface area contributed by atoms with Gasteiger partial charge in [0.1, 0.15) is 6.29 Å². The Morgan fingerprint density at radius 1 is 1.50 bits per heavy atom. The highest BCUT2D eigenvalue weighted by molar-refractivity contribution is 5.73. The largest absolute Gasteiger partial charge is 0.469 e. The number of carbonyl (C=O) groups excluding carboxylic acids is 2. The molecule has 3 nitrogen and oxygen atoms in total. The first-order chi connectivity index (χ1) is 6.61. The summed E-state index contributed by atoms with van der Waals surface area (Å²) in [6.45, 7) is 3.92. The zero-order valence-electron chi connectivity index (χ0n) is 9.03. The first-order valence-corrected chi connectivity index (χ1v) is 5.15. The van der Waals surface area contributed by atoms with Crippen LogP contribution in [-0.4, -0.2) is 19.4 Å². The SMILES string of the molecule is COC(=O)[C@@H](C)[C@@H]1CC[C@@H](C)[C@@H]1C=O. The third kappa shape index (κ3) is 1.97. The lowest BCUT2D eigenvalue weighted by Crippen LogP contribution is -2.27. The molecule has 0 aromatic carbocycles. The highest BCUT2D eigenvalue weighted by Crippen LogP contribution is 2.40. The summed E-state index contributed by atoms with van der Waals surface area (Å²) in [6, 6.07) is 0. The molecule has 80 valence electrons. The number of methoxy groups -OCH3 is 1. The lowest BCUT2D eigenvalue weighted by Gasteiger charge is -2.21. The van der Waals surface area contributed by atoms with E-state index >= 15 is 0 Å². The van der Waals surface area contributed by atoms with Crippen LogP contribution in [0.15, 0.2) is 0 Å². The molecule has 1 fully saturated rings. The molecule has 0 unspecified atom stereocenters. The van der Waals surface area contributed by atoms with Crippen LogP contribution in [0.1, 0.15) is 26.7 Å². The minimum Gasteiger partial charge on any atom is -0.469 e. The second-order valence-corrected chi connectivity index (χ2v) is 4.24. The molecule has 1 aliphatic carbocycles. The van der Waals surface area contributed by atoms with E-state index in [0.29, 0.717) is 5.92 Å². The molecule has 0 aliphatic heterocycles. The van der Waals surface area contributed by atoms with Crippen LogP contribution in [0.25, 0.3) is 0 Å².